The Hall–Kier alpha value is -4.85. The maximum atomic E-state index is 12.6. The minimum Gasteiger partial charge on any atom is -0.497 e. The quantitative estimate of drug-likeness (QED) is 0.254. The minimum atomic E-state index is -4.77. The zero-order chi connectivity index (χ0) is 30.6. The van der Waals surface area contributed by atoms with Crippen LogP contribution < -0.4 is 19.7 Å². The van der Waals surface area contributed by atoms with Crippen molar-refractivity contribution in [2.45, 2.75) is 19.7 Å². The SMILES string of the molecule is COc1ccc(N2C(=O)SCC2=NC(=O)NCCc2cccc(-c3ncn(-c4ccc(OC(F)(F)F)cc4)n3)c2)c(C)c1. The van der Waals surface area contributed by atoms with Crippen LogP contribution in [0.2, 0.25) is 0 Å². The number of alkyl halides is 3. The summed E-state index contributed by atoms with van der Waals surface area (Å²) in [5, 5.41) is 6.99. The van der Waals surface area contributed by atoms with Gasteiger partial charge in [0, 0.05) is 12.1 Å². The predicted molar refractivity (Wildman–Crippen MR) is 156 cm³/mol. The van der Waals surface area contributed by atoms with E-state index in [0.29, 0.717) is 41.7 Å². The van der Waals surface area contributed by atoms with Gasteiger partial charge in [-0.2, -0.15) is 4.99 Å². The van der Waals surface area contributed by atoms with Crippen LogP contribution in [-0.4, -0.2) is 57.6 Å². The molecule has 1 N–H and O–H groups in total. The molecule has 3 amide bonds. The van der Waals surface area contributed by atoms with Crippen molar-refractivity contribution in [1.29, 1.82) is 0 Å². The van der Waals surface area contributed by atoms with E-state index in [1.54, 1.807) is 19.2 Å². The van der Waals surface area contributed by atoms with Crippen LogP contribution in [0.4, 0.5) is 28.4 Å². The molecular formula is C29H25F3N6O4S. The van der Waals surface area contributed by atoms with E-state index in [0.717, 1.165) is 28.5 Å². The maximum Gasteiger partial charge on any atom is 0.573 e. The first kappa shape index (κ1) is 29.6. The van der Waals surface area contributed by atoms with Crippen LogP contribution in [0, 0.1) is 6.92 Å². The van der Waals surface area contributed by atoms with E-state index in [1.165, 1.54) is 40.2 Å². The van der Waals surface area contributed by atoms with Crippen molar-refractivity contribution in [3.63, 3.8) is 0 Å². The van der Waals surface area contributed by atoms with Gasteiger partial charge >= 0.3 is 12.4 Å². The number of nitrogens with zero attached hydrogens (tertiary/aromatic N) is 5. The smallest absolute Gasteiger partial charge is 0.497 e. The summed E-state index contributed by atoms with van der Waals surface area (Å²) in [6, 6.07) is 17.5. The summed E-state index contributed by atoms with van der Waals surface area (Å²) in [6.45, 7) is 2.16. The number of rotatable bonds is 8. The number of aromatic nitrogens is 3. The van der Waals surface area contributed by atoms with Crippen LogP contribution in [0.5, 0.6) is 11.5 Å². The summed E-state index contributed by atoms with van der Waals surface area (Å²) in [5.41, 5.74) is 3.61. The van der Waals surface area contributed by atoms with Crippen LogP contribution in [0.1, 0.15) is 11.1 Å². The van der Waals surface area contributed by atoms with Crippen LogP contribution in [0.3, 0.4) is 0 Å². The van der Waals surface area contributed by atoms with Crippen molar-refractivity contribution < 1.29 is 32.2 Å². The lowest BCUT2D eigenvalue weighted by atomic mass is 10.1. The molecule has 1 aliphatic rings. The Kier molecular flexibility index (Phi) is 8.66. The number of hydrogen-bond acceptors (Lipinski definition) is 7. The number of thioether (sulfide) groups is 1. The molecule has 10 nitrogen and oxygen atoms in total. The molecule has 0 bridgehead atoms. The van der Waals surface area contributed by atoms with E-state index in [1.807, 2.05) is 37.3 Å². The third-order valence-corrected chi connectivity index (χ3v) is 7.17. The van der Waals surface area contributed by atoms with Crippen LogP contribution in [0.15, 0.2) is 78.0 Å². The molecule has 0 saturated carbocycles. The zero-order valence-corrected chi connectivity index (χ0v) is 23.8. The lowest BCUT2D eigenvalue weighted by molar-refractivity contribution is -0.274. The van der Waals surface area contributed by atoms with Crippen molar-refractivity contribution in [1.82, 2.24) is 20.1 Å². The Morgan fingerprint density at radius 2 is 1.86 bits per heavy atom. The molecule has 1 aromatic heterocycles. The second kappa shape index (κ2) is 12.6. The Labute approximate surface area is 248 Å². The van der Waals surface area contributed by atoms with Crippen molar-refractivity contribution in [2.24, 2.45) is 4.99 Å². The number of nitrogens with one attached hydrogen (secondary N) is 1. The highest BCUT2D eigenvalue weighted by atomic mass is 32.2. The van der Waals surface area contributed by atoms with Gasteiger partial charge in [-0.25, -0.2) is 14.5 Å². The lowest BCUT2D eigenvalue weighted by Gasteiger charge is -2.19. The number of ether oxygens (including phenoxy) is 2. The molecule has 0 aliphatic carbocycles. The summed E-state index contributed by atoms with van der Waals surface area (Å²) in [5.74, 6) is 1.39. The number of anilines is 1. The van der Waals surface area contributed by atoms with Gasteiger partial charge in [0.15, 0.2) is 5.82 Å². The molecule has 4 aromatic rings. The fourth-order valence-corrected chi connectivity index (χ4v) is 5.12. The molecule has 1 aliphatic heterocycles. The highest BCUT2D eigenvalue weighted by molar-refractivity contribution is 8.15. The molecule has 0 spiro atoms. The molecule has 1 fully saturated rings. The monoisotopic (exact) mass is 610 g/mol. The molecule has 1 saturated heterocycles. The highest BCUT2D eigenvalue weighted by Gasteiger charge is 2.32. The number of hydrogen-bond donors (Lipinski definition) is 1. The van der Waals surface area contributed by atoms with E-state index in [2.05, 4.69) is 25.1 Å². The van der Waals surface area contributed by atoms with Crippen LogP contribution in [0.25, 0.3) is 17.1 Å². The van der Waals surface area contributed by atoms with E-state index in [9.17, 15) is 22.8 Å². The van der Waals surface area contributed by atoms with Gasteiger partial charge in [-0.3, -0.25) is 9.69 Å². The second-order valence-corrected chi connectivity index (χ2v) is 10.2. The third kappa shape index (κ3) is 7.33. The first-order valence-electron chi connectivity index (χ1n) is 12.9. The Morgan fingerprint density at radius 1 is 1.09 bits per heavy atom. The molecule has 222 valence electrons. The summed E-state index contributed by atoms with van der Waals surface area (Å²) in [6.07, 6.45) is -2.80. The van der Waals surface area contributed by atoms with E-state index < -0.39 is 12.4 Å². The topological polar surface area (TPSA) is 111 Å². The van der Waals surface area contributed by atoms with Gasteiger partial charge in [0.25, 0.3) is 5.24 Å². The average Bonchev–Trinajstić information content (AvgIpc) is 3.60. The number of carbonyl (C=O) groups is 2. The standard InChI is InChI=1S/C29H25F3N6O4S/c1-18-14-23(41-2)10-11-24(18)38-25(16-43-28(38)40)35-27(39)33-13-12-19-4-3-5-20(15-19)26-34-17-37(36-26)21-6-8-22(9-7-21)42-29(30,31)32/h3-11,14-15,17H,12-13,16H2,1-2H3,(H,33,39). The number of methoxy groups -OCH3 is 1. The molecule has 3 aromatic carbocycles. The van der Waals surface area contributed by atoms with Gasteiger partial charge in [0.2, 0.25) is 0 Å². The van der Waals surface area contributed by atoms with Gasteiger partial charge < -0.3 is 14.8 Å². The highest BCUT2D eigenvalue weighted by Crippen LogP contribution is 2.32. The van der Waals surface area contributed by atoms with Gasteiger partial charge in [-0.1, -0.05) is 30.0 Å². The Morgan fingerprint density at radius 3 is 2.58 bits per heavy atom. The lowest BCUT2D eigenvalue weighted by Crippen LogP contribution is -2.32. The molecular weight excluding hydrogens is 585 g/mol. The largest absolute Gasteiger partial charge is 0.573 e. The van der Waals surface area contributed by atoms with Crippen molar-refractivity contribution in [3.05, 3.63) is 84.2 Å². The molecule has 5 rings (SSSR count). The Balaban J connectivity index is 1.19. The van der Waals surface area contributed by atoms with E-state index in [-0.39, 0.29) is 16.7 Å². The fourth-order valence-electron chi connectivity index (χ4n) is 4.34. The average molecular weight is 611 g/mol. The zero-order valence-electron chi connectivity index (χ0n) is 23.0. The fraction of sp³-hybridized carbons (Fsp3) is 0.207. The van der Waals surface area contributed by atoms with Crippen LogP contribution >= 0.6 is 11.8 Å². The van der Waals surface area contributed by atoms with E-state index >= 15 is 0 Å². The molecule has 0 atom stereocenters. The maximum absolute atomic E-state index is 12.6. The van der Waals surface area contributed by atoms with Crippen molar-refractivity contribution >= 4 is 34.6 Å². The summed E-state index contributed by atoms with van der Waals surface area (Å²) >= 11 is 1.08. The number of amidine groups is 1. The van der Waals surface area contributed by atoms with Crippen LogP contribution in [-0.2, 0) is 6.42 Å². The Bertz CT molecular complexity index is 1670. The number of halogens is 3. The van der Waals surface area contributed by atoms with Gasteiger partial charge in [-0.05, 0) is 73.0 Å². The minimum absolute atomic E-state index is 0.208. The summed E-state index contributed by atoms with van der Waals surface area (Å²) < 4.78 is 47.8. The molecule has 0 radical (unpaired) electrons. The molecule has 2 heterocycles. The molecule has 0 unspecified atom stereocenters. The number of aryl methyl sites for hydroxylation is 1. The first-order valence-corrected chi connectivity index (χ1v) is 13.9. The number of benzene rings is 3. The number of aliphatic imine (C=N–C) groups is 1. The predicted octanol–water partition coefficient (Wildman–Crippen LogP) is 6.17. The first-order chi connectivity index (χ1) is 20.6. The summed E-state index contributed by atoms with van der Waals surface area (Å²) in [7, 11) is 1.56. The van der Waals surface area contributed by atoms with Crippen molar-refractivity contribution in [2.75, 3.05) is 24.3 Å². The number of urea groups is 1. The third-order valence-electron chi connectivity index (χ3n) is 6.34. The molecule has 14 heteroatoms. The van der Waals surface area contributed by atoms with Crippen molar-refractivity contribution in [3.8, 4) is 28.6 Å². The van der Waals surface area contributed by atoms with Gasteiger partial charge in [0.1, 0.15) is 23.7 Å². The second-order valence-electron chi connectivity index (χ2n) is 9.31. The number of carbonyl (C=O) groups excluding carboxylic acids is 2. The van der Waals surface area contributed by atoms with E-state index in [4.69, 9.17) is 4.74 Å². The normalized spacial score (nSPS) is 14.3. The molecule has 43 heavy (non-hydrogen) atoms. The van der Waals surface area contributed by atoms with Gasteiger partial charge in [-0.15, -0.1) is 18.3 Å². The summed E-state index contributed by atoms with van der Waals surface area (Å²) in [4.78, 5) is 35.1. The number of amides is 3. The van der Waals surface area contributed by atoms with Gasteiger partial charge in [0.05, 0.1) is 24.2 Å².